The van der Waals surface area contributed by atoms with Crippen LogP contribution in [0.15, 0.2) is 12.4 Å². The van der Waals surface area contributed by atoms with E-state index in [0.29, 0.717) is 12.2 Å². The van der Waals surface area contributed by atoms with Gasteiger partial charge in [0.15, 0.2) is 0 Å². The summed E-state index contributed by atoms with van der Waals surface area (Å²) in [4.78, 5) is 22.6. The first-order chi connectivity index (χ1) is 9.69. The third-order valence-electron chi connectivity index (χ3n) is 3.02. The number of carbonyl (C=O) groups excluding carboxylic acids is 2. The van der Waals surface area contributed by atoms with Crippen LogP contribution in [0, 0.1) is 0 Å². The fourth-order valence-electron chi connectivity index (χ4n) is 2.07. The number of rotatable bonds is 4. The predicted octanol–water partition coefficient (Wildman–Crippen LogP) is 0.954. The minimum atomic E-state index is -0.893. The highest BCUT2D eigenvalue weighted by Gasteiger charge is 2.17. The summed E-state index contributed by atoms with van der Waals surface area (Å²) in [7, 11) is 0. The topological polar surface area (TPSA) is 82.5 Å². The number of aromatic nitrogens is 2. The molecule has 1 unspecified atom stereocenters. The van der Waals surface area contributed by atoms with Crippen LogP contribution in [0.3, 0.4) is 0 Å². The van der Waals surface area contributed by atoms with Crippen molar-refractivity contribution in [3.05, 3.63) is 12.4 Å². The molecular weight excluding hydrogens is 262 g/mol. The highest BCUT2D eigenvalue weighted by Crippen LogP contribution is 2.15. The van der Waals surface area contributed by atoms with Gasteiger partial charge in [0, 0.05) is 12.8 Å². The average molecular weight is 281 g/mol. The van der Waals surface area contributed by atoms with Crippen molar-refractivity contribution in [2.75, 3.05) is 18.5 Å². The Bertz CT molecular complexity index is 466. The van der Waals surface area contributed by atoms with Gasteiger partial charge in [-0.25, -0.2) is 4.79 Å². The van der Waals surface area contributed by atoms with Crippen LogP contribution in [0.25, 0.3) is 0 Å². The molecule has 7 nitrogen and oxygen atoms in total. The molecule has 1 aliphatic heterocycles. The van der Waals surface area contributed by atoms with Crippen LogP contribution >= 0.6 is 0 Å². The molecule has 1 aromatic rings. The Hall–Kier alpha value is -1.89. The smallest absolute Gasteiger partial charge is 0.397 e. The number of amides is 1. The Morgan fingerprint density at radius 3 is 3.10 bits per heavy atom. The SMILES string of the molecule is CCOC(=O)C(=O)Nc1cnn(CC2CCCCO2)c1. The Morgan fingerprint density at radius 1 is 1.55 bits per heavy atom. The lowest BCUT2D eigenvalue weighted by molar-refractivity contribution is -0.152. The summed E-state index contributed by atoms with van der Waals surface area (Å²) in [5.41, 5.74) is 0.471. The zero-order valence-corrected chi connectivity index (χ0v) is 11.5. The van der Waals surface area contributed by atoms with E-state index in [2.05, 4.69) is 15.2 Å². The Balaban J connectivity index is 1.85. The Morgan fingerprint density at radius 2 is 2.40 bits per heavy atom. The maximum absolute atomic E-state index is 11.5. The quantitative estimate of drug-likeness (QED) is 0.656. The summed E-state index contributed by atoms with van der Waals surface area (Å²) in [5.74, 6) is -1.68. The van der Waals surface area contributed by atoms with Crippen LogP contribution < -0.4 is 5.32 Å². The van der Waals surface area contributed by atoms with Crippen molar-refractivity contribution in [2.45, 2.75) is 38.8 Å². The maximum atomic E-state index is 11.5. The van der Waals surface area contributed by atoms with Gasteiger partial charge in [0.1, 0.15) is 0 Å². The Kier molecular flexibility index (Phi) is 5.11. The van der Waals surface area contributed by atoms with Crippen molar-refractivity contribution in [1.29, 1.82) is 0 Å². The van der Waals surface area contributed by atoms with E-state index in [0.717, 1.165) is 19.4 Å². The molecular formula is C13H19N3O4. The van der Waals surface area contributed by atoms with E-state index in [1.54, 1.807) is 17.8 Å². The minimum Gasteiger partial charge on any atom is -0.459 e. The van der Waals surface area contributed by atoms with E-state index in [9.17, 15) is 9.59 Å². The summed E-state index contributed by atoms with van der Waals surface area (Å²) in [6.45, 7) is 3.26. The van der Waals surface area contributed by atoms with Gasteiger partial charge in [0.2, 0.25) is 0 Å². The number of hydrogen-bond donors (Lipinski definition) is 1. The summed E-state index contributed by atoms with van der Waals surface area (Å²) in [6.07, 6.45) is 6.63. The summed E-state index contributed by atoms with van der Waals surface area (Å²) in [5, 5.41) is 6.59. The largest absolute Gasteiger partial charge is 0.459 e. The number of hydrogen-bond acceptors (Lipinski definition) is 5. The predicted molar refractivity (Wildman–Crippen MR) is 71.1 cm³/mol. The van der Waals surface area contributed by atoms with Crippen LogP contribution in [-0.4, -0.2) is 41.0 Å². The monoisotopic (exact) mass is 281 g/mol. The highest BCUT2D eigenvalue weighted by molar-refractivity contribution is 6.37. The molecule has 0 radical (unpaired) electrons. The van der Waals surface area contributed by atoms with Crippen LogP contribution in [0.5, 0.6) is 0 Å². The molecule has 1 fully saturated rings. The second kappa shape index (κ2) is 7.04. The normalized spacial score (nSPS) is 18.6. The molecule has 0 spiro atoms. The molecule has 0 bridgehead atoms. The maximum Gasteiger partial charge on any atom is 0.397 e. The van der Waals surface area contributed by atoms with Crippen molar-refractivity contribution in [3.8, 4) is 0 Å². The van der Waals surface area contributed by atoms with Gasteiger partial charge < -0.3 is 14.8 Å². The van der Waals surface area contributed by atoms with Gasteiger partial charge in [0.05, 0.1) is 31.1 Å². The lowest BCUT2D eigenvalue weighted by atomic mass is 10.1. The number of esters is 1. The van der Waals surface area contributed by atoms with Gasteiger partial charge in [-0.05, 0) is 26.2 Å². The molecule has 1 atom stereocenters. The van der Waals surface area contributed by atoms with E-state index in [4.69, 9.17) is 4.74 Å². The van der Waals surface area contributed by atoms with Gasteiger partial charge >= 0.3 is 11.9 Å². The van der Waals surface area contributed by atoms with Gasteiger partial charge in [0.25, 0.3) is 0 Å². The minimum absolute atomic E-state index is 0.164. The fourth-order valence-corrected chi connectivity index (χ4v) is 2.07. The van der Waals surface area contributed by atoms with Crippen LogP contribution in [-0.2, 0) is 25.6 Å². The number of carbonyl (C=O) groups is 2. The number of nitrogens with one attached hydrogen (secondary N) is 1. The van der Waals surface area contributed by atoms with Gasteiger partial charge in [-0.1, -0.05) is 0 Å². The standard InChI is InChI=1S/C13H19N3O4/c1-2-19-13(18)12(17)15-10-7-14-16(8-10)9-11-5-3-4-6-20-11/h7-8,11H,2-6,9H2,1H3,(H,15,17). The second-order valence-electron chi connectivity index (χ2n) is 4.61. The number of anilines is 1. The highest BCUT2D eigenvalue weighted by atomic mass is 16.5. The van der Waals surface area contributed by atoms with Gasteiger partial charge in [-0.2, -0.15) is 5.10 Å². The van der Waals surface area contributed by atoms with Crippen LogP contribution in [0.1, 0.15) is 26.2 Å². The van der Waals surface area contributed by atoms with Crippen molar-refractivity contribution in [3.63, 3.8) is 0 Å². The molecule has 0 aliphatic carbocycles. The molecule has 2 heterocycles. The lowest BCUT2D eigenvalue weighted by Crippen LogP contribution is -2.25. The number of nitrogens with zero attached hydrogens (tertiary/aromatic N) is 2. The molecule has 1 saturated heterocycles. The molecule has 0 saturated carbocycles. The second-order valence-corrected chi connectivity index (χ2v) is 4.61. The number of ether oxygens (including phenoxy) is 2. The molecule has 20 heavy (non-hydrogen) atoms. The first-order valence-electron chi connectivity index (χ1n) is 6.81. The molecule has 2 rings (SSSR count). The van der Waals surface area contributed by atoms with E-state index in [1.165, 1.54) is 12.6 Å². The summed E-state index contributed by atoms with van der Waals surface area (Å²) in [6, 6.07) is 0. The van der Waals surface area contributed by atoms with E-state index < -0.39 is 11.9 Å². The molecule has 1 N–H and O–H groups in total. The first kappa shape index (κ1) is 14.5. The first-order valence-corrected chi connectivity index (χ1v) is 6.81. The average Bonchev–Trinajstić information content (AvgIpc) is 2.87. The molecule has 0 aromatic carbocycles. The summed E-state index contributed by atoms with van der Waals surface area (Å²) >= 11 is 0. The van der Waals surface area contributed by atoms with Gasteiger partial charge in [-0.3, -0.25) is 9.48 Å². The zero-order chi connectivity index (χ0) is 14.4. The molecule has 110 valence electrons. The fraction of sp³-hybridized carbons (Fsp3) is 0.615. The molecule has 7 heteroatoms. The van der Waals surface area contributed by atoms with Crippen molar-refractivity contribution in [1.82, 2.24) is 9.78 Å². The molecule has 1 amide bonds. The van der Waals surface area contributed by atoms with Crippen LogP contribution in [0.2, 0.25) is 0 Å². The zero-order valence-electron chi connectivity index (χ0n) is 11.5. The van der Waals surface area contributed by atoms with Gasteiger partial charge in [-0.15, -0.1) is 0 Å². The van der Waals surface area contributed by atoms with E-state index in [-0.39, 0.29) is 12.7 Å². The van der Waals surface area contributed by atoms with Crippen molar-refractivity contribution < 1.29 is 19.1 Å². The van der Waals surface area contributed by atoms with E-state index in [1.807, 2.05) is 0 Å². The Labute approximate surface area is 117 Å². The lowest BCUT2D eigenvalue weighted by Gasteiger charge is -2.22. The van der Waals surface area contributed by atoms with Crippen LogP contribution in [0.4, 0.5) is 5.69 Å². The molecule has 1 aliphatic rings. The van der Waals surface area contributed by atoms with E-state index >= 15 is 0 Å². The summed E-state index contributed by atoms with van der Waals surface area (Å²) < 4.78 is 11.9. The van der Waals surface area contributed by atoms with Crippen molar-refractivity contribution in [2.24, 2.45) is 0 Å². The van der Waals surface area contributed by atoms with Crippen molar-refractivity contribution >= 4 is 17.6 Å². The molecule has 1 aromatic heterocycles. The third kappa shape index (κ3) is 4.06. The third-order valence-corrected chi connectivity index (χ3v) is 3.02.